The van der Waals surface area contributed by atoms with E-state index in [0.29, 0.717) is 37.8 Å². The normalized spacial score (nSPS) is 19.2. The smallest absolute Gasteiger partial charge is 0.410 e. The maximum absolute atomic E-state index is 12.4. The molecule has 1 spiro atoms. The third kappa shape index (κ3) is 3.12. The van der Waals surface area contributed by atoms with Crippen molar-refractivity contribution in [3.63, 3.8) is 0 Å². The van der Waals surface area contributed by atoms with Gasteiger partial charge >= 0.3 is 6.09 Å². The average molecular weight is 334 g/mol. The van der Waals surface area contributed by atoms with Gasteiger partial charge in [-0.2, -0.15) is 5.10 Å². The number of nitrogens with zero attached hydrogens (tertiary/aromatic N) is 3. The predicted octanol–water partition coefficient (Wildman–Crippen LogP) is 2.23. The average Bonchev–Trinajstić information content (AvgIpc) is 2.82. The first kappa shape index (κ1) is 16.8. The van der Waals surface area contributed by atoms with E-state index in [1.165, 1.54) is 0 Å². The van der Waals surface area contributed by atoms with E-state index in [1.807, 2.05) is 26.8 Å². The lowest BCUT2D eigenvalue weighted by Gasteiger charge is -2.59. The highest BCUT2D eigenvalue weighted by molar-refractivity contribution is 5.93. The molecule has 132 valence electrons. The molecule has 24 heavy (non-hydrogen) atoms. The van der Waals surface area contributed by atoms with Gasteiger partial charge in [0.15, 0.2) is 0 Å². The van der Waals surface area contributed by atoms with Crippen LogP contribution in [0.1, 0.15) is 56.7 Å². The van der Waals surface area contributed by atoms with Gasteiger partial charge in [-0.05, 0) is 32.8 Å². The first-order chi connectivity index (χ1) is 11.1. The number of H-pyrrole nitrogens is 1. The van der Waals surface area contributed by atoms with E-state index in [9.17, 15) is 9.59 Å². The van der Waals surface area contributed by atoms with Crippen LogP contribution >= 0.6 is 0 Å². The highest BCUT2D eigenvalue weighted by Gasteiger charge is 2.55. The van der Waals surface area contributed by atoms with E-state index in [1.54, 1.807) is 9.80 Å². The fraction of sp³-hybridized carbons (Fsp3) is 0.706. The lowest BCUT2D eigenvalue weighted by Crippen LogP contribution is -2.73. The molecule has 2 fully saturated rings. The van der Waals surface area contributed by atoms with Gasteiger partial charge in [0.2, 0.25) is 0 Å². The predicted molar refractivity (Wildman–Crippen MR) is 88.8 cm³/mol. The van der Waals surface area contributed by atoms with Crippen molar-refractivity contribution < 1.29 is 14.3 Å². The van der Waals surface area contributed by atoms with Crippen LogP contribution in [0.25, 0.3) is 0 Å². The number of hydrogen-bond acceptors (Lipinski definition) is 4. The van der Waals surface area contributed by atoms with Gasteiger partial charge in [-0.1, -0.05) is 13.8 Å². The fourth-order valence-electron chi connectivity index (χ4n) is 3.23. The molecule has 1 aromatic rings. The number of rotatable bonds is 2. The summed E-state index contributed by atoms with van der Waals surface area (Å²) in [6.07, 6.45) is -0.272. The van der Waals surface area contributed by atoms with Gasteiger partial charge in [0.05, 0.1) is 0 Å². The second kappa shape index (κ2) is 5.50. The van der Waals surface area contributed by atoms with Crippen LogP contribution < -0.4 is 0 Å². The summed E-state index contributed by atoms with van der Waals surface area (Å²) in [7, 11) is 0. The minimum atomic E-state index is -0.477. The standard InChI is InChI=1S/C17H26N4O3/c1-11(2)12-6-13(19-18-12)14(22)20-7-17(8-20)9-21(10-17)15(23)24-16(3,4)5/h6,11H,7-10H2,1-5H3,(H,18,19). The minimum absolute atomic E-state index is 0.0421. The number of hydrogen-bond donors (Lipinski definition) is 1. The highest BCUT2D eigenvalue weighted by Crippen LogP contribution is 2.40. The van der Waals surface area contributed by atoms with Crippen molar-refractivity contribution >= 4 is 12.0 Å². The minimum Gasteiger partial charge on any atom is -0.444 e. The second-order valence-electron chi connectivity index (χ2n) is 8.36. The molecule has 0 radical (unpaired) electrons. The van der Waals surface area contributed by atoms with Gasteiger partial charge in [0, 0.05) is 37.3 Å². The lowest BCUT2D eigenvalue weighted by molar-refractivity contribution is -0.0981. The van der Waals surface area contributed by atoms with Gasteiger partial charge in [-0.3, -0.25) is 9.89 Å². The van der Waals surface area contributed by atoms with Crippen LogP contribution in [0.2, 0.25) is 0 Å². The Morgan fingerprint density at radius 2 is 1.79 bits per heavy atom. The number of aromatic amines is 1. The summed E-state index contributed by atoms with van der Waals surface area (Å²) < 4.78 is 5.36. The number of ether oxygens (including phenoxy) is 1. The van der Waals surface area contributed by atoms with Crippen LogP contribution in [0.4, 0.5) is 4.79 Å². The molecule has 1 N–H and O–H groups in total. The summed E-state index contributed by atoms with van der Waals surface area (Å²) >= 11 is 0. The Morgan fingerprint density at radius 3 is 2.29 bits per heavy atom. The molecule has 2 saturated heterocycles. The number of likely N-dealkylation sites (tertiary alicyclic amines) is 2. The Labute approximate surface area is 142 Å². The molecule has 0 unspecified atom stereocenters. The molecule has 0 bridgehead atoms. The number of nitrogens with one attached hydrogen (secondary N) is 1. The van der Waals surface area contributed by atoms with Crippen LogP contribution in [0.3, 0.4) is 0 Å². The van der Waals surface area contributed by atoms with E-state index < -0.39 is 5.60 Å². The summed E-state index contributed by atoms with van der Waals surface area (Å²) in [5, 5.41) is 7.03. The number of carbonyl (C=O) groups excluding carboxylic acids is 2. The van der Waals surface area contributed by atoms with E-state index in [2.05, 4.69) is 24.0 Å². The number of aromatic nitrogens is 2. The summed E-state index contributed by atoms with van der Waals surface area (Å²) in [6.45, 7) is 12.4. The zero-order valence-corrected chi connectivity index (χ0v) is 15.0. The summed E-state index contributed by atoms with van der Waals surface area (Å²) in [4.78, 5) is 27.9. The van der Waals surface area contributed by atoms with Crippen LogP contribution in [0, 0.1) is 5.41 Å². The largest absolute Gasteiger partial charge is 0.444 e. The van der Waals surface area contributed by atoms with Gasteiger partial charge in [0.25, 0.3) is 5.91 Å². The summed E-state index contributed by atoms with van der Waals surface area (Å²) in [5.74, 6) is 0.273. The van der Waals surface area contributed by atoms with Crippen LogP contribution in [-0.4, -0.2) is 63.8 Å². The fourth-order valence-corrected chi connectivity index (χ4v) is 3.23. The van der Waals surface area contributed by atoms with E-state index in [-0.39, 0.29) is 17.4 Å². The van der Waals surface area contributed by atoms with Crippen molar-refractivity contribution in [3.05, 3.63) is 17.5 Å². The Morgan fingerprint density at radius 1 is 1.21 bits per heavy atom. The number of carbonyl (C=O) groups is 2. The first-order valence-corrected chi connectivity index (χ1v) is 8.41. The monoisotopic (exact) mass is 334 g/mol. The van der Waals surface area contributed by atoms with Crippen LogP contribution in [-0.2, 0) is 4.74 Å². The molecule has 3 rings (SSSR count). The van der Waals surface area contributed by atoms with Crippen molar-refractivity contribution in [3.8, 4) is 0 Å². The maximum atomic E-state index is 12.4. The first-order valence-electron chi connectivity index (χ1n) is 8.41. The molecule has 1 aromatic heterocycles. The van der Waals surface area contributed by atoms with Crippen molar-refractivity contribution in [2.45, 2.75) is 46.1 Å². The van der Waals surface area contributed by atoms with E-state index in [0.717, 1.165) is 5.69 Å². The molecule has 0 aliphatic carbocycles. The molecule has 2 amide bonds. The zero-order chi connectivity index (χ0) is 17.7. The Hall–Kier alpha value is -2.05. The van der Waals surface area contributed by atoms with Gasteiger partial charge in [0.1, 0.15) is 11.3 Å². The lowest BCUT2D eigenvalue weighted by atomic mass is 9.73. The molecule has 2 aliphatic rings. The number of amides is 2. The van der Waals surface area contributed by atoms with E-state index >= 15 is 0 Å². The third-order valence-electron chi connectivity index (χ3n) is 4.48. The molecule has 0 saturated carbocycles. The SMILES string of the molecule is CC(C)c1cc(C(=O)N2CC3(CN(C(=O)OC(C)(C)C)C3)C2)n[nH]1. The molecular formula is C17H26N4O3. The van der Waals surface area contributed by atoms with Gasteiger partial charge in [-0.25, -0.2) is 4.79 Å². The Bertz CT molecular complexity index is 645. The quantitative estimate of drug-likeness (QED) is 0.899. The third-order valence-corrected chi connectivity index (χ3v) is 4.48. The van der Waals surface area contributed by atoms with Crippen molar-refractivity contribution in [1.29, 1.82) is 0 Å². The summed E-state index contributed by atoms with van der Waals surface area (Å²) in [5.41, 5.74) is 1.00. The van der Waals surface area contributed by atoms with Crippen LogP contribution in [0.15, 0.2) is 6.07 Å². The maximum Gasteiger partial charge on any atom is 0.410 e. The van der Waals surface area contributed by atoms with Gasteiger partial charge in [-0.15, -0.1) is 0 Å². The Balaban J connectivity index is 1.49. The van der Waals surface area contributed by atoms with Crippen molar-refractivity contribution in [1.82, 2.24) is 20.0 Å². The molecule has 7 heteroatoms. The van der Waals surface area contributed by atoms with Gasteiger partial charge < -0.3 is 14.5 Å². The molecule has 0 aromatic carbocycles. The second-order valence-corrected chi connectivity index (χ2v) is 8.36. The van der Waals surface area contributed by atoms with Crippen LogP contribution in [0.5, 0.6) is 0 Å². The zero-order valence-electron chi connectivity index (χ0n) is 15.0. The molecule has 0 atom stereocenters. The van der Waals surface area contributed by atoms with Crippen molar-refractivity contribution in [2.24, 2.45) is 5.41 Å². The molecule has 2 aliphatic heterocycles. The molecular weight excluding hydrogens is 308 g/mol. The Kier molecular flexibility index (Phi) is 3.85. The highest BCUT2D eigenvalue weighted by atomic mass is 16.6. The van der Waals surface area contributed by atoms with Crippen molar-refractivity contribution in [2.75, 3.05) is 26.2 Å². The molecule has 3 heterocycles. The summed E-state index contributed by atoms with van der Waals surface area (Å²) in [6, 6.07) is 1.83. The molecule has 7 nitrogen and oxygen atoms in total. The topological polar surface area (TPSA) is 78.5 Å². The van der Waals surface area contributed by atoms with E-state index in [4.69, 9.17) is 4.74 Å².